The molecule has 0 unspecified atom stereocenters. The van der Waals surface area contributed by atoms with Gasteiger partial charge in [0.1, 0.15) is 5.58 Å². The minimum Gasteiger partial charge on any atom is -0.450 e. The second-order valence-electron chi connectivity index (χ2n) is 5.50. The molecule has 1 aromatic heterocycles. The first-order valence-electron chi connectivity index (χ1n) is 7.47. The molecule has 3 nitrogen and oxygen atoms in total. The summed E-state index contributed by atoms with van der Waals surface area (Å²) < 4.78 is 5.78. The Bertz CT molecular complexity index is 803. The number of hydrogen-bond donors (Lipinski definition) is 1. The van der Waals surface area contributed by atoms with Gasteiger partial charge in [-0.15, -0.1) is 0 Å². The predicted octanol–water partition coefficient (Wildman–Crippen LogP) is 4.02. The normalized spacial score (nSPS) is 10.8. The predicted molar refractivity (Wildman–Crippen MR) is 88.2 cm³/mol. The molecule has 0 atom stereocenters. The maximum atomic E-state index is 12.3. The molecular formula is C19H19NO2. The minimum atomic E-state index is -0.149. The van der Waals surface area contributed by atoms with Gasteiger partial charge in [0.2, 0.25) is 0 Å². The van der Waals surface area contributed by atoms with Crippen molar-refractivity contribution >= 4 is 16.9 Å². The van der Waals surface area contributed by atoms with Crippen LogP contribution in [-0.2, 0) is 6.42 Å². The van der Waals surface area contributed by atoms with E-state index in [1.54, 1.807) is 0 Å². The molecule has 0 aliphatic rings. The molecule has 3 rings (SSSR count). The highest BCUT2D eigenvalue weighted by Gasteiger charge is 2.17. The standard InChI is InChI=1S/C19H19NO2/c1-13-7-6-10-16-14(2)18(22-17(13)16)19(21)20-12-11-15-8-4-3-5-9-15/h3-10H,11-12H2,1-2H3,(H,20,21). The SMILES string of the molecule is Cc1c(C(=O)NCCc2ccccc2)oc2c(C)cccc12. The second-order valence-corrected chi connectivity index (χ2v) is 5.50. The molecule has 0 aliphatic heterocycles. The Hall–Kier alpha value is -2.55. The van der Waals surface area contributed by atoms with Crippen molar-refractivity contribution in [3.05, 3.63) is 71.0 Å². The number of rotatable bonds is 4. The fourth-order valence-corrected chi connectivity index (χ4v) is 2.65. The van der Waals surface area contributed by atoms with Crippen molar-refractivity contribution in [2.45, 2.75) is 20.3 Å². The maximum Gasteiger partial charge on any atom is 0.287 e. The highest BCUT2D eigenvalue weighted by Crippen LogP contribution is 2.27. The molecular weight excluding hydrogens is 274 g/mol. The van der Waals surface area contributed by atoms with Crippen LogP contribution in [0.15, 0.2) is 52.9 Å². The molecule has 0 spiro atoms. The number of para-hydroxylation sites is 1. The van der Waals surface area contributed by atoms with Crippen LogP contribution in [0.2, 0.25) is 0 Å². The molecule has 0 aliphatic carbocycles. The summed E-state index contributed by atoms with van der Waals surface area (Å²) in [5.41, 5.74) is 3.95. The van der Waals surface area contributed by atoms with E-state index in [0.717, 1.165) is 28.5 Å². The molecule has 1 N–H and O–H groups in total. The summed E-state index contributed by atoms with van der Waals surface area (Å²) in [7, 11) is 0. The highest BCUT2D eigenvalue weighted by molar-refractivity contribution is 5.99. The molecule has 0 bridgehead atoms. The smallest absolute Gasteiger partial charge is 0.287 e. The molecule has 0 saturated heterocycles. The van der Waals surface area contributed by atoms with E-state index in [1.165, 1.54) is 5.56 Å². The van der Waals surface area contributed by atoms with Crippen LogP contribution in [0.5, 0.6) is 0 Å². The molecule has 0 radical (unpaired) electrons. The Morgan fingerprint density at radius 1 is 1.05 bits per heavy atom. The van der Waals surface area contributed by atoms with Crippen molar-refractivity contribution in [2.75, 3.05) is 6.54 Å². The van der Waals surface area contributed by atoms with Gasteiger partial charge < -0.3 is 9.73 Å². The number of aryl methyl sites for hydroxylation is 2. The van der Waals surface area contributed by atoms with Crippen LogP contribution in [0.3, 0.4) is 0 Å². The average Bonchev–Trinajstić information content (AvgIpc) is 2.87. The van der Waals surface area contributed by atoms with Crippen molar-refractivity contribution in [3.63, 3.8) is 0 Å². The van der Waals surface area contributed by atoms with E-state index in [9.17, 15) is 4.79 Å². The van der Waals surface area contributed by atoms with Crippen LogP contribution >= 0.6 is 0 Å². The fraction of sp³-hybridized carbons (Fsp3) is 0.211. The third kappa shape index (κ3) is 2.75. The van der Waals surface area contributed by atoms with Gasteiger partial charge in [-0.1, -0.05) is 48.5 Å². The van der Waals surface area contributed by atoms with E-state index >= 15 is 0 Å². The van der Waals surface area contributed by atoms with E-state index in [4.69, 9.17) is 4.42 Å². The average molecular weight is 293 g/mol. The first-order valence-corrected chi connectivity index (χ1v) is 7.47. The van der Waals surface area contributed by atoms with Gasteiger partial charge >= 0.3 is 0 Å². The molecule has 3 heteroatoms. The largest absolute Gasteiger partial charge is 0.450 e. The van der Waals surface area contributed by atoms with E-state index in [1.807, 2.05) is 50.2 Å². The monoisotopic (exact) mass is 293 g/mol. The summed E-state index contributed by atoms with van der Waals surface area (Å²) in [6.45, 7) is 4.51. The summed E-state index contributed by atoms with van der Waals surface area (Å²) >= 11 is 0. The Kier molecular flexibility index (Phi) is 3.96. The maximum absolute atomic E-state index is 12.3. The number of nitrogens with one attached hydrogen (secondary N) is 1. The third-order valence-corrected chi connectivity index (χ3v) is 3.91. The van der Waals surface area contributed by atoms with Gasteiger partial charge in [-0.05, 0) is 31.4 Å². The van der Waals surface area contributed by atoms with Gasteiger partial charge in [0.25, 0.3) is 5.91 Å². The Morgan fingerprint density at radius 3 is 2.55 bits per heavy atom. The molecule has 22 heavy (non-hydrogen) atoms. The van der Waals surface area contributed by atoms with Crippen LogP contribution in [0.25, 0.3) is 11.0 Å². The summed E-state index contributed by atoms with van der Waals surface area (Å²) in [5, 5.41) is 3.94. The van der Waals surface area contributed by atoms with Crippen LogP contribution in [-0.4, -0.2) is 12.5 Å². The summed E-state index contributed by atoms with van der Waals surface area (Å²) in [6.07, 6.45) is 0.810. The van der Waals surface area contributed by atoms with Gasteiger partial charge in [-0.3, -0.25) is 4.79 Å². The van der Waals surface area contributed by atoms with Crippen molar-refractivity contribution < 1.29 is 9.21 Å². The Labute approximate surface area is 130 Å². The number of benzene rings is 2. The van der Waals surface area contributed by atoms with Gasteiger partial charge in [0.15, 0.2) is 5.76 Å². The van der Waals surface area contributed by atoms with Crippen molar-refractivity contribution in [1.82, 2.24) is 5.32 Å². The Balaban J connectivity index is 1.73. The number of carbonyl (C=O) groups excluding carboxylic acids is 1. The molecule has 2 aromatic carbocycles. The van der Waals surface area contributed by atoms with Crippen LogP contribution < -0.4 is 5.32 Å². The minimum absolute atomic E-state index is 0.149. The highest BCUT2D eigenvalue weighted by atomic mass is 16.3. The van der Waals surface area contributed by atoms with Crippen LogP contribution in [0.4, 0.5) is 0 Å². The topological polar surface area (TPSA) is 42.2 Å². The van der Waals surface area contributed by atoms with Crippen molar-refractivity contribution in [1.29, 1.82) is 0 Å². The molecule has 0 fully saturated rings. The zero-order chi connectivity index (χ0) is 15.5. The molecule has 3 aromatic rings. The quantitative estimate of drug-likeness (QED) is 0.789. The first kappa shape index (κ1) is 14.4. The Morgan fingerprint density at radius 2 is 1.82 bits per heavy atom. The summed E-state index contributed by atoms with van der Waals surface area (Å²) in [6, 6.07) is 16.1. The third-order valence-electron chi connectivity index (χ3n) is 3.91. The first-order chi connectivity index (χ1) is 10.7. The number of furan rings is 1. The molecule has 1 amide bonds. The van der Waals surface area contributed by atoms with Gasteiger partial charge in [0, 0.05) is 17.5 Å². The summed E-state index contributed by atoms with van der Waals surface area (Å²) in [4.78, 5) is 12.3. The lowest BCUT2D eigenvalue weighted by Crippen LogP contribution is -2.25. The van der Waals surface area contributed by atoms with E-state index in [2.05, 4.69) is 17.4 Å². The molecule has 0 saturated carbocycles. The lowest BCUT2D eigenvalue weighted by molar-refractivity contribution is 0.0928. The van der Waals surface area contributed by atoms with Gasteiger partial charge in [-0.2, -0.15) is 0 Å². The lowest BCUT2D eigenvalue weighted by Gasteiger charge is -2.04. The lowest BCUT2D eigenvalue weighted by atomic mass is 10.1. The molecule has 1 heterocycles. The number of fused-ring (bicyclic) bond motifs is 1. The van der Waals surface area contributed by atoms with E-state index < -0.39 is 0 Å². The fourth-order valence-electron chi connectivity index (χ4n) is 2.65. The number of carbonyl (C=O) groups is 1. The number of hydrogen-bond acceptors (Lipinski definition) is 2. The van der Waals surface area contributed by atoms with Gasteiger partial charge in [0.05, 0.1) is 0 Å². The summed E-state index contributed by atoms with van der Waals surface area (Å²) in [5.74, 6) is 0.265. The van der Waals surface area contributed by atoms with E-state index in [0.29, 0.717) is 12.3 Å². The zero-order valence-electron chi connectivity index (χ0n) is 12.8. The van der Waals surface area contributed by atoms with Gasteiger partial charge in [-0.25, -0.2) is 0 Å². The van der Waals surface area contributed by atoms with E-state index in [-0.39, 0.29) is 5.91 Å². The van der Waals surface area contributed by atoms with Crippen LogP contribution in [0, 0.1) is 13.8 Å². The van der Waals surface area contributed by atoms with Crippen LogP contribution in [0.1, 0.15) is 27.2 Å². The zero-order valence-corrected chi connectivity index (χ0v) is 12.8. The second kappa shape index (κ2) is 6.06. The van der Waals surface area contributed by atoms with Crippen molar-refractivity contribution in [2.24, 2.45) is 0 Å². The molecule has 112 valence electrons. The number of amides is 1. The van der Waals surface area contributed by atoms with Crippen molar-refractivity contribution in [3.8, 4) is 0 Å².